The second kappa shape index (κ2) is 6.54. The summed E-state index contributed by atoms with van der Waals surface area (Å²) in [7, 11) is 0. The quantitative estimate of drug-likeness (QED) is 0.725. The van der Waals surface area contributed by atoms with Crippen molar-refractivity contribution >= 4 is 23.5 Å². The number of anilines is 2. The first-order valence-electron chi connectivity index (χ1n) is 7.57. The Hall–Kier alpha value is -1.90. The summed E-state index contributed by atoms with van der Waals surface area (Å²) in [6.07, 6.45) is -0.436. The SMILES string of the molecule is CC1(O)CCN(c2cc(Sc3ccc(F)cc3)nc(N)n2)CC1O. The molecule has 2 aromatic rings. The molecular weight excluding hydrogens is 331 g/mol. The molecule has 1 aromatic heterocycles. The van der Waals surface area contributed by atoms with E-state index in [1.165, 1.54) is 23.9 Å². The molecule has 0 bridgehead atoms. The zero-order valence-electron chi connectivity index (χ0n) is 13.2. The van der Waals surface area contributed by atoms with E-state index in [1.807, 2.05) is 4.90 Å². The van der Waals surface area contributed by atoms with Crippen LogP contribution in [0.3, 0.4) is 0 Å². The first-order chi connectivity index (χ1) is 11.3. The zero-order valence-corrected chi connectivity index (χ0v) is 14.0. The van der Waals surface area contributed by atoms with Gasteiger partial charge in [-0.1, -0.05) is 11.8 Å². The maximum atomic E-state index is 13.0. The number of halogens is 1. The van der Waals surface area contributed by atoms with E-state index in [9.17, 15) is 14.6 Å². The monoisotopic (exact) mass is 350 g/mol. The van der Waals surface area contributed by atoms with E-state index in [2.05, 4.69) is 9.97 Å². The van der Waals surface area contributed by atoms with Crippen LogP contribution in [0.4, 0.5) is 16.2 Å². The van der Waals surface area contributed by atoms with E-state index in [-0.39, 0.29) is 18.3 Å². The van der Waals surface area contributed by atoms with Crippen molar-refractivity contribution in [1.82, 2.24) is 9.97 Å². The summed E-state index contributed by atoms with van der Waals surface area (Å²) in [4.78, 5) is 11.1. The molecule has 1 fully saturated rings. The van der Waals surface area contributed by atoms with E-state index < -0.39 is 11.7 Å². The summed E-state index contributed by atoms with van der Waals surface area (Å²) in [6.45, 7) is 2.45. The predicted molar refractivity (Wildman–Crippen MR) is 90.4 cm³/mol. The fourth-order valence-electron chi connectivity index (χ4n) is 2.50. The van der Waals surface area contributed by atoms with Gasteiger partial charge in [-0.2, -0.15) is 4.98 Å². The predicted octanol–water partition coefficient (Wildman–Crippen LogP) is 1.67. The third kappa shape index (κ3) is 3.77. The van der Waals surface area contributed by atoms with Crippen LogP contribution in [0, 0.1) is 5.82 Å². The Balaban J connectivity index is 1.80. The summed E-state index contributed by atoms with van der Waals surface area (Å²) in [5, 5.41) is 20.8. The van der Waals surface area contributed by atoms with Gasteiger partial charge in [-0.3, -0.25) is 0 Å². The molecule has 0 saturated carbocycles. The average Bonchev–Trinajstić information content (AvgIpc) is 2.52. The number of hydrogen-bond donors (Lipinski definition) is 3. The molecule has 3 rings (SSSR count). The number of β-amino-alcohol motifs (C(OH)–C–C–N with tert-alkyl or cyclic N) is 1. The highest BCUT2D eigenvalue weighted by Gasteiger charge is 2.36. The minimum atomic E-state index is -1.10. The molecule has 2 atom stereocenters. The molecule has 0 aliphatic carbocycles. The molecule has 0 spiro atoms. The number of benzene rings is 1. The normalized spacial score (nSPS) is 24.2. The number of nitrogens with two attached hydrogens (primary N) is 1. The smallest absolute Gasteiger partial charge is 0.223 e. The summed E-state index contributed by atoms with van der Waals surface area (Å²) in [5.74, 6) is 0.433. The van der Waals surface area contributed by atoms with Gasteiger partial charge in [0.2, 0.25) is 5.95 Å². The lowest BCUT2D eigenvalue weighted by atomic mass is 9.91. The van der Waals surface area contributed by atoms with Gasteiger partial charge in [0.1, 0.15) is 16.7 Å². The summed E-state index contributed by atoms with van der Waals surface area (Å²) < 4.78 is 13.0. The van der Waals surface area contributed by atoms with Crippen LogP contribution < -0.4 is 10.6 Å². The minimum Gasteiger partial charge on any atom is -0.388 e. The molecule has 24 heavy (non-hydrogen) atoms. The van der Waals surface area contributed by atoms with Crippen LogP contribution in [-0.4, -0.2) is 45.0 Å². The first-order valence-corrected chi connectivity index (χ1v) is 8.38. The van der Waals surface area contributed by atoms with E-state index in [4.69, 9.17) is 5.73 Å². The molecule has 1 aliphatic heterocycles. The Bertz CT molecular complexity index is 727. The molecule has 0 amide bonds. The Morgan fingerprint density at radius 2 is 2.04 bits per heavy atom. The number of rotatable bonds is 3. The van der Waals surface area contributed by atoms with Crippen LogP contribution in [0.1, 0.15) is 13.3 Å². The molecule has 1 saturated heterocycles. The van der Waals surface area contributed by atoms with E-state index in [0.29, 0.717) is 23.8 Å². The van der Waals surface area contributed by atoms with Crippen LogP contribution in [0.25, 0.3) is 0 Å². The summed E-state index contributed by atoms with van der Waals surface area (Å²) >= 11 is 1.35. The van der Waals surface area contributed by atoms with Crippen molar-refractivity contribution in [2.75, 3.05) is 23.7 Å². The number of aliphatic hydroxyl groups is 2. The van der Waals surface area contributed by atoms with Gasteiger partial charge in [0.25, 0.3) is 0 Å². The average molecular weight is 350 g/mol. The van der Waals surface area contributed by atoms with Crippen LogP contribution in [0.15, 0.2) is 40.3 Å². The van der Waals surface area contributed by atoms with Gasteiger partial charge < -0.3 is 20.8 Å². The Labute approximate surface area is 143 Å². The molecule has 8 heteroatoms. The molecule has 2 unspecified atom stereocenters. The number of aliphatic hydroxyl groups excluding tert-OH is 1. The second-order valence-corrected chi connectivity index (χ2v) is 7.14. The highest BCUT2D eigenvalue weighted by atomic mass is 32.2. The van der Waals surface area contributed by atoms with Gasteiger partial charge in [0.15, 0.2) is 0 Å². The maximum Gasteiger partial charge on any atom is 0.223 e. The minimum absolute atomic E-state index is 0.129. The fourth-order valence-corrected chi connectivity index (χ4v) is 3.32. The van der Waals surface area contributed by atoms with Crippen molar-refractivity contribution in [2.24, 2.45) is 0 Å². The van der Waals surface area contributed by atoms with Crippen LogP contribution >= 0.6 is 11.8 Å². The van der Waals surface area contributed by atoms with Gasteiger partial charge in [0.05, 0.1) is 11.7 Å². The molecular formula is C16H19FN4O2S. The highest BCUT2D eigenvalue weighted by Crippen LogP contribution is 2.31. The third-order valence-electron chi connectivity index (χ3n) is 4.07. The van der Waals surface area contributed by atoms with E-state index in [1.54, 1.807) is 25.1 Å². The van der Waals surface area contributed by atoms with Crippen molar-refractivity contribution in [3.8, 4) is 0 Å². The summed E-state index contributed by atoms with van der Waals surface area (Å²) in [6, 6.07) is 7.88. The molecule has 128 valence electrons. The van der Waals surface area contributed by atoms with Crippen molar-refractivity contribution in [1.29, 1.82) is 0 Å². The van der Waals surface area contributed by atoms with Gasteiger partial charge in [-0.25, -0.2) is 9.37 Å². The van der Waals surface area contributed by atoms with E-state index in [0.717, 1.165) is 4.90 Å². The Kier molecular flexibility index (Phi) is 4.62. The van der Waals surface area contributed by atoms with Crippen LogP contribution in [-0.2, 0) is 0 Å². The van der Waals surface area contributed by atoms with Crippen LogP contribution in [0.5, 0.6) is 0 Å². The number of nitrogens with zero attached hydrogens (tertiary/aromatic N) is 3. The lowest BCUT2D eigenvalue weighted by Gasteiger charge is -2.40. The molecule has 4 N–H and O–H groups in total. The standard InChI is InChI=1S/C16H19FN4O2S/c1-16(23)6-7-21(9-12(16)22)13-8-14(20-15(18)19-13)24-11-4-2-10(17)3-5-11/h2-5,8,12,22-23H,6-7,9H2,1H3,(H2,18,19,20). The molecule has 0 radical (unpaired) electrons. The van der Waals surface area contributed by atoms with Crippen molar-refractivity contribution in [3.63, 3.8) is 0 Å². The molecule has 1 aromatic carbocycles. The topological polar surface area (TPSA) is 95.5 Å². The number of aromatic nitrogens is 2. The van der Waals surface area contributed by atoms with Gasteiger partial charge in [-0.15, -0.1) is 0 Å². The van der Waals surface area contributed by atoms with E-state index >= 15 is 0 Å². The lowest BCUT2D eigenvalue weighted by Crippen LogP contribution is -2.54. The second-order valence-electron chi connectivity index (χ2n) is 6.05. The number of piperidine rings is 1. The van der Waals surface area contributed by atoms with Gasteiger partial charge in [-0.05, 0) is 37.6 Å². The molecule has 6 nitrogen and oxygen atoms in total. The number of nitrogen functional groups attached to an aromatic ring is 1. The summed E-state index contributed by atoms with van der Waals surface area (Å²) in [5.41, 5.74) is 4.70. The highest BCUT2D eigenvalue weighted by molar-refractivity contribution is 7.99. The fraction of sp³-hybridized carbons (Fsp3) is 0.375. The van der Waals surface area contributed by atoms with Gasteiger partial charge >= 0.3 is 0 Å². The van der Waals surface area contributed by atoms with Crippen molar-refractivity contribution < 1.29 is 14.6 Å². The third-order valence-corrected chi connectivity index (χ3v) is 4.99. The molecule has 1 aliphatic rings. The van der Waals surface area contributed by atoms with Crippen molar-refractivity contribution in [2.45, 2.75) is 35.0 Å². The zero-order chi connectivity index (χ0) is 17.3. The molecule has 2 heterocycles. The first kappa shape index (κ1) is 16.9. The Morgan fingerprint density at radius 3 is 2.71 bits per heavy atom. The van der Waals surface area contributed by atoms with Crippen LogP contribution in [0.2, 0.25) is 0 Å². The van der Waals surface area contributed by atoms with Gasteiger partial charge in [0, 0.05) is 24.1 Å². The Morgan fingerprint density at radius 1 is 1.33 bits per heavy atom. The lowest BCUT2D eigenvalue weighted by molar-refractivity contribution is -0.0722. The number of hydrogen-bond acceptors (Lipinski definition) is 7. The van der Waals surface area contributed by atoms with Crippen molar-refractivity contribution in [3.05, 3.63) is 36.1 Å². The largest absolute Gasteiger partial charge is 0.388 e. The maximum absolute atomic E-state index is 13.0.